The first-order chi connectivity index (χ1) is 15.5. The molecular weight excluding hydrogens is 411 g/mol. The minimum atomic E-state index is -1.08. The maximum atomic E-state index is 14.8. The first-order valence-electron chi connectivity index (χ1n) is 10.2. The fraction of sp³-hybridized carbons (Fsp3) is 0.160. The van der Waals surface area contributed by atoms with E-state index in [1.807, 2.05) is 6.92 Å². The van der Waals surface area contributed by atoms with Gasteiger partial charge in [-0.05, 0) is 42.8 Å². The summed E-state index contributed by atoms with van der Waals surface area (Å²) in [5, 5.41) is 11.1. The quantitative estimate of drug-likeness (QED) is 0.358. The lowest BCUT2D eigenvalue weighted by Crippen LogP contribution is -2.29. The van der Waals surface area contributed by atoms with Gasteiger partial charge >= 0.3 is 0 Å². The van der Waals surface area contributed by atoms with Gasteiger partial charge in [0.1, 0.15) is 17.3 Å². The molecule has 7 heteroatoms. The topological polar surface area (TPSA) is 79.7 Å². The Bertz CT molecular complexity index is 1190. The Morgan fingerprint density at radius 1 is 1.09 bits per heavy atom. The highest BCUT2D eigenvalue weighted by Crippen LogP contribution is 2.41. The van der Waals surface area contributed by atoms with Gasteiger partial charge in [0.05, 0.1) is 18.2 Å². The second-order valence-electron chi connectivity index (χ2n) is 7.26. The molecule has 1 unspecified atom stereocenters. The number of ketones is 1. The van der Waals surface area contributed by atoms with Crippen LogP contribution in [-0.2, 0) is 16.1 Å². The van der Waals surface area contributed by atoms with Crippen molar-refractivity contribution in [2.24, 2.45) is 0 Å². The number of rotatable bonds is 6. The van der Waals surface area contributed by atoms with Gasteiger partial charge in [-0.2, -0.15) is 0 Å². The summed E-state index contributed by atoms with van der Waals surface area (Å²) in [5.41, 5.74) is 0.992. The average molecular weight is 432 g/mol. The molecule has 32 heavy (non-hydrogen) atoms. The van der Waals surface area contributed by atoms with Gasteiger partial charge in [-0.25, -0.2) is 4.39 Å². The maximum Gasteiger partial charge on any atom is 0.295 e. The van der Waals surface area contributed by atoms with Crippen LogP contribution in [0.25, 0.3) is 5.76 Å². The number of hydrogen-bond donors (Lipinski definition) is 1. The van der Waals surface area contributed by atoms with Crippen LogP contribution in [0, 0.1) is 5.82 Å². The minimum absolute atomic E-state index is 0.0574. The van der Waals surface area contributed by atoms with Gasteiger partial charge in [0, 0.05) is 30.1 Å². The Labute approximate surface area is 184 Å². The van der Waals surface area contributed by atoms with Crippen molar-refractivity contribution < 1.29 is 23.8 Å². The summed E-state index contributed by atoms with van der Waals surface area (Å²) in [6.45, 7) is 2.31. The molecule has 1 aliphatic heterocycles. The van der Waals surface area contributed by atoms with Gasteiger partial charge in [-0.1, -0.05) is 30.3 Å². The minimum Gasteiger partial charge on any atom is -0.507 e. The lowest BCUT2D eigenvalue weighted by Gasteiger charge is -2.25. The van der Waals surface area contributed by atoms with E-state index in [1.54, 1.807) is 54.9 Å². The number of halogens is 1. The highest BCUT2D eigenvalue weighted by molar-refractivity contribution is 6.46. The molecule has 0 radical (unpaired) electrons. The first kappa shape index (κ1) is 21.2. The van der Waals surface area contributed by atoms with Crippen LogP contribution >= 0.6 is 0 Å². The Hall–Kier alpha value is -4.00. The third kappa shape index (κ3) is 3.97. The molecule has 162 valence electrons. The van der Waals surface area contributed by atoms with Crippen molar-refractivity contribution in [3.8, 4) is 5.75 Å². The average Bonchev–Trinajstić information content (AvgIpc) is 3.05. The van der Waals surface area contributed by atoms with E-state index in [-0.39, 0.29) is 23.4 Å². The first-order valence-corrected chi connectivity index (χ1v) is 10.2. The van der Waals surface area contributed by atoms with Gasteiger partial charge in [-0.15, -0.1) is 0 Å². The Kier molecular flexibility index (Phi) is 5.98. The summed E-state index contributed by atoms with van der Waals surface area (Å²) >= 11 is 0. The van der Waals surface area contributed by atoms with E-state index in [2.05, 4.69) is 4.98 Å². The third-order valence-corrected chi connectivity index (χ3v) is 5.26. The summed E-state index contributed by atoms with van der Waals surface area (Å²) in [4.78, 5) is 31.3. The fourth-order valence-corrected chi connectivity index (χ4v) is 3.80. The number of Topliss-reactive ketones (excluding diaryl/α,β-unsaturated/α-hetero) is 1. The molecule has 1 aromatic heterocycles. The fourth-order valence-electron chi connectivity index (χ4n) is 3.80. The standard InChI is InChI=1S/C25H21FN2O4/c1-2-32-18-7-5-6-17(14-18)23(29)21-22(19-8-3-4-9-20(19)26)28(25(31)24(21)30)15-16-10-12-27-13-11-16/h3-14,22,29H,2,15H2,1H3. The molecule has 0 aliphatic carbocycles. The normalized spacial score (nSPS) is 17.6. The molecule has 1 atom stereocenters. The largest absolute Gasteiger partial charge is 0.507 e. The zero-order valence-electron chi connectivity index (χ0n) is 17.4. The summed E-state index contributed by atoms with van der Waals surface area (Å²) in [6.07, 6.45) is 3.15. The molecular formula is C25H21FN2O4. The molecule has 4 rings (SSSR count). The number of ether oxygens (including phenoxy) is 1. The number of pyridine rings is 1. The van der Waals surface area contributed by atoms with Crippen LogP contribution in [0.4, 0.5) is 4.39 Å². The number of aliphatic hydroxyl groups excluding tert-OH is 1. The van der Waals surface area contributed by atoms with Gasteiger partial charge < -0.3 is 14.7 Å². The molecule has 0 saturated carbocycles. The summed E-state index contributed by atoms with van der Waals surface area (Å²) < 4.78 is 20.3. The Morgan fingerprint density at radius 3 is 2.56 bits per heavy atom. The molecule has 1 saturated heterocycles. The molecule has 2 aromatic carbocycles. The number of likely N-dealkylation sites (tertiary alicyclic amines) is 1. The number of benzene rings is 2. The molecule has 1 fully saturated rings. The molecule has 3 aromatic rings. The van der Waals surface area contributed by atoms with Crippen molar-refractivity contribution in [2.75, 3.05) is 6.61 Å². The van der Waals surface area contributed by atoms with Crippen LogP contribution in [0.1, 0.15) is 29.7 Å². The van der Waals surface area contributed by atoms with E-state index in [9.17, 15) is 19.1 Å². The molecule has 1 amide bonds. The van der Waals surface area contributed by atoms with E-state index in [0.29, 0.717) is 17.9 Å². The van der Waals surface area contributed by atoms with Gasteiger partial charge in [0.2, 0.25) is 0 Å². The second kappa shape index (κ2) is 9.01. The van der Waals surface area contributed by atoms with Gasteiger partial charge in [0.15, 0.2) is 0 Å². The van der Waals surface area contributed by atoms with E-state index in [0.717, 1.165) is 5.56 Å². The van der Waals surface area contributed by atoms with Crippen molar-refractivity contribution >= 4 is 17.4 Å². The van der Waals surface area contributed by atoms with Gasteiger partial charge in [0.25, 0.3) is 11.7 Å². The molecule has 2 heterocycles. The predicted octanol–water partition coefficient (Wildman–Crippen LogP) is 4.24. The highest BCUT2D eigenvalue weighted by Gasteiger charge is 2.46. The number of aromatic nitrogens is 1. The SMILES string of the molecule is CCOc1cccc(C(O)=C2C(=O)C(=O)N(Cc3ccncc3)C2c2ccccc2F)c1. The third-order valence-electron chi connectivity index (χ3n) is 5.26. The van der Waals surface area contributed by atoms with Crippen LogP contribution < -0.4 is 4.74 Å². The molecule has 0 spiro atoms. The predicted molar refractivity (Wildman–Crippen MR) is 116 cm³/mol. The zero-order valence-corrected chi connectivity index (χ0v) is 17.4. The van der Waals surface area contributed by atoms with Crippen molar-refractivity contribution in [3.05, 3.63) is 101 Å². The summed E-state index contributed by atoms with van der Waals surface area (Å²) in [7, 11) is 0. The van der Waals surface area contributed by atoms with Crippen LogP contribution in [0.5, 0.6) is 5.75 Å². The maximum absolute atomic E-state index is 14.8. The molecule has 0 bridgehead atoms. The Balaban J connectivity index is 1.87. The van der Waals surface area contributed by atoms with E-state index >= 15 is 0 Å². The van der Waals surface area contributed by atoms with Crippen LogP contribution in [-0.4, -0.2) is 33.3 Å². The number of carbonyl (C=O) groups excluding carboxylic acids is 2. The van der Waals surface area contributed by atoms with Crippen LogP contribution in [0.2, 0.25) is 0 Å². The van der Waals surface area contributed by atoms with Crippen molar-refractivity contribution in [3.63, 3.8) is 0 Å². The number of nitrogens with zero attached hydrogens (tertiary/aromatic N) is 2. The number of carbonyl (C=O) groups is 2. The number of amides is 1. The number of aliphatic hydroxyl groups is 1. The Morgan fingerprint density at radius 2 is 1.84 bits per heavy atom. The number of hydrogen-bond acceptors (Lipinski definition) is 5. The monoisotopic (exact) mass is 432 g/mol. The molecule has 1 N–H and O–H groups in total. The van der Waals surface area contributed by atoms with Crippen molar-refractivity contribution in [1.29, 1.82) is 0 Å². The van der Waals surface area contributed by atoms with Crippen LogP contribution in [0.3, 0.4) is 0 Å². The van der Waals surface area contributed by atoms with Crippen molar-refractivity contribution in [2.45, 2.75) is 19.5 Å². The lowest BCUT2D eigenvalue weighted by molar-refractivity contribution is -0.140. The van der Waals surface area contributed by atoms with E-state index in [1.165, 1.54) is 23.1 Å². The smallest absolute Gasteiger partial charge is 0.295 e. The molecule has 1 aliphatic rings. The van der Waals surface area contributed by atoms with Crippen LogP contribution in [0.15, 0.2) is 78.6 Å². The highest BCUT2D eigenvalue weighted by atomic mass is 19.1. The second-order valence-corrected chi connectivity index (χ2v) is 7.26. The van der Waals surface area contributed by atoms with E-state index in [4.69, 9.17) is 4.74 Å². The lowest BCUT2D eigenvalue weighted by atomic mass is 9.94. The molecule has 6 nitrogen and oxygen atoms in total. The summed E-state index contributed by atoms with van der Waals surface area (Å²) in [5.74, 6) is -2.13. The van der Waals surface area contributed by atoms with Crippen molar-refractivity contribution in [1.82, 2.24) is 9.88 Å². The zero-order chi connectivity index (χ0) is 22.7. The van der Waals surface area contributed by atoms with E-state index < -0.39 is 23.5 Å². The van der Waals surface area contributed by atoms with Gasteiger partial charge in [-0.3, -0.25) is 14.6 Å². The summed E-state index contributed by atoms with van der Waals surface area (Å²) in [6, 6.07) is 14.8.